The van der Waals surface area contributed by atoms with Gasteiger partial charge in [0.25, 0.3) is 0 Å². The van der Waals surface area contributed by atoms with E-state index >= 15 is 0 Å². The summed E-state index contributed by atoms with van der Waals surface area (Å²) in [5.74, 6) is 1.00. The topological polar surface area (TPSA) is 54.5 Å². The molecule has 1 aromatic heterocycles. The van der Waals surface area contributed by atoms with Gasteiger partial charge in [-0.15, -0.1) is 0 Å². The van der Waals surface area contributed by atoms with Gasteiger partial charge in [0.05, 0.1) is 17.3 Å². The summed E-state index contributed by atoms with van der Waals surface area (Å²) in [6, 6.07) is 12.0. The molecule has 2 aromatic rings. The van der Waals surface area contributed by atoms with E-state index in [1.165, 1.54) is 12.8 Å². The highest BCUT2D eigenvalue weighted by Crippen LogP contribution is 2.36. The highest BCUT2D eigenvalue weighted by molar-refractivity contribution is 9.10. The number of hydrogen-bond acceptors (Lipinski definition) is 4. The molecule has 0 radical (unpaired) electrons. The Labute approximate surface area is 168 Å². The van der Waals surface area contributed by atoms with Crippen LogP contribution in [0.5, 0.6) is 0 Å². The first kappa shape index (κ1) is 18.4. The molecule has 0 unspecified atom stereocenters. The van der Waals surface area contributed by atoms with Gasteiger partial charge >= 0.3 is 0 Å². The number of hydrogen-bond donors (Lipinski definition) is 1. The summed E-state index contributed by atoms with van der Waals surface area (Å²) < 4.78 is 6.55. The third-order valence-corrected chi connectivity index (χ3v) is 6.14. The Morgan fingerprint density at radius 2 is 1.78 bits per heavy atom. The Balaban J connectivity index is 1.54. The van der Waals surface area contributed by atoms with Crippen molar-refractivity contribution in [2.75, 3.05) is 36.5 Å². The van der Waals surface area contributed by atoms with Crippen LogP contribution in [0.15, 0.2) is 47.1 Å². The van der Waals surface area contributed by atoms with E-state index in [0.29, 0.717) is 26.1 Å². The van der Waals surface area contributed by atoms with Gasteiger partial charge in [0.1, 0.15) is 5.82 Å². The van der Waals surface area contributed by atoms with Crippen molar-refractivity contribution in [3.05, 3.63) is 52.6 Å². The summed E-state index contributed by atoms with van der Waals surface area (Å²) >= 11 is 3.48. The van der Waals surface area contributed by atoms with Crippen molar-refractivity contribution >= 4 is 33.3 Å². The molecule has 0 atom stereocenters. The van der Waals surface area contributed by atoms with Crippen molar-refractivity contribution in [1.82, 2.24) is 4.98 Å². The van der Waals surface area contributed by atoms with E-state index in [9.17, 15) is 4.79 Å². The Bertz CT molecular complexity index is 780. The second-order valence-corrected chi connectivity index (χ2v) is 8.17. The number of halogens is 1. The maximum absolute atomic E-state index is 13.3. The van der Waals surface area contributed by atoms with Gasteiger partial charge in [-0.2, -0.15) is 0 Å². The fourth-order valence-electron chi connectivity index (χ4n) is 3.98. The third-order valence-electron chi connectivity index (χ3n) is 5.61. The van der Waals surface area contributed by atoms with Crippen LogP contribution in [0.2, 0.25) is 0 Å². The van der Waals surface area contributed by atoms with Crippen molar-refractivity contribution in [2.45, 2.75) is 31.1 Å². The first-order chi connectivity index (χ1) is 13.2. The van der Waals surface area contributed by atoms with E-state index in [0.717, 1.165) is 34.6 Å². The van der Waals surface area contributed by atoms with Crippen LogP contribution in [0.4, 0.5) is 11.5 Å². The van der Waals surface area contributed by atoms with E-state index < -0.39 is 5.41 Å². The molecule has 1 amide bonds. The summed E-state index contributed by atoms with van der Waals surface area (Å²) in [4.78, 5) is 20.1. The summed E-state index contributed by atoms with van der Waals surface area (Å²) in [5, 5.41) is 3.10. The van der Waals surface area contributed by atoms with Crippen LogP contribution in [-0.4, -0.2) is 37.2 Å². The van der Waals surface area contributed by atoms with Crippen LogP contribution in [0.3, 0.4) is 0 Å². The minimum Gasteiger partial charge on any atom is -0.381 e. The fourth-order valence-corrected chi connectivity index (χ4v) is 4.24. The van der Waals surface area contributed by atoms with Crippen molar-refractivity contribution in [2.24, 2.45) is 0 Å². The predicted octanol–water partition coefficient (Wildman–Crippen LogP) is 4.13. The SMILES string of the molecule is O=C(Nc1ccc(N2CCCC2)nc1)C1(c2ccc(Br)cc2)CCOCC1. The molecule has 4 rings (SSSR count). The van der Waals surface area contributed by atoms with Gasteiger partial charge in [0.15, 0.2) is 0 Å². The summed E-state index contributed by atoms with van der Waals surface area (Å²) in [5.41, 5.74) is 1.21. The molecular weight excluding hydrogens is 406 g/mol. The average Bonchev–Trinajstić information content (AvgIpc) is 3.24. The molecule has 1 aromatic carbocycles. The van der Waals surface area contributed by atoms with E-state index in [1.54, 1.807) is 6.20 Å². The number of ether oxygens (including phenoxy) is 1. The molecule has 2 aliphatic rings. The maximum Gasteiger partial charge on any atom is 0.235 e. The Morgan fingerprint density at radius 3 is 2.41 bits per heavy atom. The molecular formula is C21H24BrN3O2. The standard InChI is InChI=1S/C21H24BrN3O2/c22-17-5-3-16(4-6-17)21(9-13-27-14-10-21)20(26)24-18-7-8-19(23-15-18)25-11-1-2-12-25/h3-8,15H,1-2,9-14H2,(H,24,26). The van der Waals surface area contributed by atoms with Gasteiger partial charge in [0.2, 0.25) is 5.91 Å². The average molecular weight is 430 g/mol. The lowest BCUT2D eigenvalue weighted by molar-refractivity contribution is -0.125. The normalized spacial score (nSPS) is 19.1. The Kier molecular flexibility index (Phi) is 5.45. The van der Waals surface area contributed by atoms with Crippen molar-refractivity contribution < 1.29 is 9.53 Å². The first-order valence-corrected chi connectivity index (χ1v) is 10.3. The molecule has 2 fully saturated rings. The smallest absolute Gasteiger partial charge is 0.235 e. The number of nitrogens with one attached hydrogen (secondary N) is 1. The largest absolute Gasteiger partial charge is 0.381 e. The zero-order chi connectivity index (χ0) is 18.7. The van der Waals surface area contributed by atoms with Crippen LogP contribution >= 0.6 is 15.9 Å². The van der Waals surface area contributed by atoms with E-state index in [2.05, 4.69) is 31.1 Å². The molecule has 0 spiro atoms. The molecule has 0 aliphatic carbocycles. The predicted molar refractivity (Wildman–Crippen MR) is 110 cm³/mol. The van der Waals surface area contributed by atoms with Crippen molar-refractivity contribution in [3.63, 3.8) is 0 Å². The minimum atomic E-state index is -0.563. The van der Waals surface area contributed by atoms with Gasteiger partial charge < -0.3 is 15.0 Å². The lowest BCUT2D eigenvalue weighted by Crippen LogP contribution is -2.44. The van der Waals surface area contributed by atoms with Crippen LogP contribution < -0.4 is 10.2 Å². The number of amides is 1. The van der Waals surface area contributed by atoms with Crippen LogP contribution in [-0.2, 0) is 14.9 Å². The summed E-state index contributed by atoms with van der Waals surface area (Å²) in [6.45, 7) is 3.31. The molecule has 6 heteroatoms. The lowest BCUT2D eigenvalue weighted by Gasteiger charge is -2.36. The molecule has 0 bridgehead atoms. The van der Waals surface area contributed by atoms with Crippen LogP contribution in [0.1, 0.15) is 31.2 Å². The quantitative estimate of drug-likeness (QED) is 0.793. The van der Waals surface area contributed by atoms with Crippen LogP contribution in [0.25, 0.3) is 0 Å². The van der Waals surface area contributed by atoms with Gasteiger partial charge in [0, 0.05) is 30.8 Å². The van der Waals surface area contributed by atoms with Crippen LogP contribution in [0, 0.1) is 0 Å². The van der Waals surface area contributed by atoms with Crippen molar-refractivity contribution in [3.8, 4) is 0 Å². The maximum atomic E-state index is 13.3. The monoisotopic (exact) mass is 429 g/mol. The molecule has 0 saturated carbocycles. The number of carbonyl (C=O) groups excluding carboxylic acids is 1. The molecule has 27 heavy (non-hydrogen) atoms. The second kappa shape index (κ2) is 7.98. The minimum absolute atomic E-state index is 0.0174. The van der Waals surface area contributed by atoms with Gasteiger partial charge in [-0.25, -0.2) is 4.98 Å². The van der Waals surface area contributed by atoms with Gasteiger partial charge in [-0.1, -0.05) is 28.1 Å². The van der Waals surface area contributed by atoms with Crippen molar-refractivity contribution in [1.29, 1.82) is 0 Å². The molecule has 142 valence electrons. The highest BCUT2D eigenvalue weighted by Gasteiger charge is 2.41. The van der Waals surface area contributed by atoms with E-state index in [4.69, 9.17) is 4.74 Å². The fraction of sp³-hybridized carbons (Fsp3) is 0.429. The van der Waals surface area contributed by atoms with Gasteiger partial charge in [-0.3, -0.25) is 4.79 Å². The summed E-state index contributed by atoms with van der Waals surface area (Å²) in [6.07, 6.45) is 5.57. The molecule has 2 saturated heterocycles. The summed E-state index contributed by atoms with van der Waals surface area (Å²) in [7, 11) is 0. The van der Waals surface area contributed by atoms with Gasteiger partial charge in [-0.05, 0) is 55.5 Å². The number of carbonyl (C=O) groups is 1. The number of pyridine rings is 1. The second-order valence-electron chi connectivity index (χ2n) is 7.25. The lowest BCUT2D eigenvalue weighted by atomic mass is 9.73. The number of benzene rings is 1. The Morgan fingerprint density at radius 1 is 1.07 bits per heavy atom. The Hall–Kier alpha value is -1.92. The molecule has 2 aliphatic heterocycles. The number of nitrogens with zero attached hydrogens (tertiary/aromatic N) is 2. The zero-order valence-corrected chi connectivity index (χ0v) is 16.9. The number of rotatable bonds is 4. The zero-order valence-electron chi connectivity index (χ0n) is 15.3. The molecule has 3 heterocycles. The van der Waals surface area contributed by atoms with E-state index in [1.807, 2.05) is 36.4 Å². The number of aromatic nitrogens is 1. The third kappa shape index (κ3) is 3.87. The molecule has 1 N–H and O–H groups in total. The number of anilines is 2. The van der Waals surface area contributed by atoms with E-state index in [-0.39, 0.29) is 5.91 Å². The highest BCUT2D eigenvalue weighted by atomic mass is 79.9. The molecule has 5 nitrogen and oxygen atoms in total. The first-order valence-electron chi connectivity index (χ1n) is 9.54.